The lowest BCUT2D eigenvalue weighted by molar-refractivity contribution is -0.637. The number of rotatable bonds is 4. The lowest BCUT2D eigenvalue weighted by atomic mass is 10.2. The number of aromatic nitrogens is 2. The Morgan fingerprint density at radius 2 is 1.93 bits per heavy atom. The molecule has 1 aliphatic rings. The molecule has 146 valence electrons. The van der Waals surface area contributed by atoms with Crippen LogP contribution in [-0.4, -0.2) is 11.6 Å². The molecule has 1 aromatic heterocycles. The summed E-state index contributed by atoms with van der Waals surface area (Å²) in [6.45, 7) is 4.69. The Kier molecular flexibility index (Phi) is 6.70. The monoisotopic (exact) mass is 495 g/mol. The highest BCUT2D eigenvalue weighted by molar-refractivity contribution is 8.02. The van der Waals surface area contributed by atoms with E-state index >= 15 is 0 Å². The Morgan fingerprint density at radius 3 is 2.64 bits per heavy atom. The molecular weight excluding hydrogens is 478 g/mol. The molecule has 0 radical (unpaired) electrons. The molecule has 0 spiro atoms. The van der Waals surface area contributed by atoms with Crippen molar-refractivity contribution in [2.75, 3.05) is 11.9 Å². The van der Waals surface area contributed by atoms with Crippen LogP contribution >= 0.6 is 36.0 Å². The van der Waals surface area contributed by atoms with Crippen LogP contribution in [0.2, 0.25) is 5.02 Å². The zero-order valence-corrected chi connectivity index (χ0v) is 19.3. The van der Waals surface area contributed by atoms with E-state index in [-0.39, 0.29) is 17.0 Å². The molecule has 4 rings (SSSR count). The molecule has 2 N–H and O–H groups in total. The van der Waals surface area contributed by atoms with Gasteiger partial charge in [0.05, 0.1) is 18.0 Å². The molecule has 28 heavy (non-hydrogen) atoms. The van der Waals surface area contributed by atoms with Crippen LogP contribution in [0.4, 0.5) is 5.69 Å². The first-order chi connectivity index (χ1) is 13.1. The minimum absolute atomic E-state index is 0. The van der Waals surface area contributed by atoms with E-state index in [1.54, 1.807) is 11.8 Å². The SMILES string of the molecule is CCOc1ccc2c(c1)SC=C(c1c(C)[nH]c(S)[n+]1-c1ccc(Cl)cc1)N2.[Br-]. The molecule has 0 bridgehead atoms. The molecule has 0 fully saturated rings. The number of hydrogen-bond donors (Lipinski definition) is 3. The first-order valence-corrected chi connectivity index (χ1v) is 10.3. The number of halogens is 2. The number of nitrogens with one attached hydrogen (secondary N) is 2. The first kappa shape index (κ1) is 21.2. The van der Waals surface area contributed by atoms with Crippen LogP contribution in [0.25, 0.3) is 11.4 Å². The number of fused-ring (bicyclic) bond motifs is 1. The third kappa shape index (κ3) is 4.08. The second-order valence-corrected chi connectivity index (χ2v) is 7.87. The highest BCUT2D eigenvalue weighted by atomic mass is 79.9. The molecule has 2 aromatic carbocycles. The molecule has 1 aliphatic heterocycles. The summed E-state index contributed by atoms with van der Waals surface area (Å²) in [5.74, 6) is 0.883. The predicted octanol–water partition coefficient (Wildman–Crippen LogP) is 2.46. The summed E-state index contributed by atoms with van der Waals surface area (Å²) in [7, 11) is 0. The number of hydrogen-bond acceptors (Lipinski definition) is 4. The highest BCUT2D eigenvalue weighted by Crippen LogP contribution is 2.39. The summed E-state index contributed by atoms with van der Waals surface area (Å²) in [6, 6.07) is 13.8. The van der Waals surface area contributed by atoms with Crippen molar-refractivity contribution in [2.45, 2.75) is 23.9 Å². The maximum absolute atomic E-state index is 6.05. The molecule has 3 aromatic rings. The number of aromatic amines is 1. The second-order valence-electron chi connectivity index (χ2n) is 6.10. The summed E-state index contributed by atoms with van der Waals surface area (Å²) in [6.07, 6.45) is 0. The summed E-state index contributed by atoms with van der Waals surface area (Å²) >= 11 is 12.4. The number of nitrogens with zero attached hydrogens (tertiary/aromatic N) is 1. The van der Waals surface area contributed by atoms with Gasteiger partial charge in [0.2, 0.25) is 0 Å². The van der Waals surface area contributed by atoms with E-state index in [4.69, 9.17) is 16.3 Å². The van der Waals surface area contributed by atoms with Gasteiger partial charge in [0.15, 0.2) is 5.69 Å². The quantitative estimate of drug-likeness (QED) is 0.384. The molecule has 4 nitrogen and oxygen atoms in total. The molecule has 0 unspecified atom stereocenters. The third-order valence-electron chi connectivity index (χ3n) is 4.27. The van der Waals surface area contributed by atoms with Crippen molar-refractivity contribution in [3.05, 3.63) is 64.3 Å². The third-order valence-corrected chi connectivity index (χ3v) is 5.78. The summed E-state index contributed by atoms with van der Waals surface area (Å²) in [5.41, 5.74) is 5.14. The molecule has 8 heteroatoms. The predicted molar refractivity (Wildman–Crippen MR) is 114 cm³/mol. The van der Waals surface area contributed by atoms with E-state index in [2.05, 4.69) is 45.0 Å². The minimum Gasteiger partial charge on any atom is -1.00 e. The number of aryl methyl sites for hydroxylation is 1. The Balaban J connectivity index is 0.00000225. The number of thiol groups is 1. The zero-order chi connectivity index (χ0) is 19.0. The van der Waals surface area contributed by atoms with E-state index in [1.165, 1.54) is 0 Å². The van der Waals surface area contributed by atoms with Gasteiger partial charge in [0.1, 0.15) is 17.1 Å². The normalized spacial score (nSPS) is 12.5. The summed E-state index contributed by atoms with van der Waals surface area (Å²) in [4.78, 5) is 4.46. The van der Waals surface area contributed by atoms with Gasteiger partial charge in [0, 0.05) is 22.2 Å². The Morgan fingerprint density at radius 1 is 1.18 bits per heavy atom. The number of benzene rings is 2. The fraction of sp³-hybridized carbons (Fsp3) is 0.150. The van der Waals surface area contributed by atoms with Crippen LogP contribution in [0, 0.1) is 6.92 Å². The van der Waals surface area contributed by atoms with E-state index in [0.29, 0.717) is 11.6 Å². The van der Waals surface area contributed by atoms with Gasteiger partial charge in [-0.15, -0.1) is 0 Å². The van der Waals surface area contributed by atoms with Gasteiger partial charge >= 0.3 is 5.16 Å². The highest BCUT2D eigenvalue weighted by Gasteiger charge is 2.27. The van der Waals surface area contributed by atoms with Crippen molar-refractivity contribution >= 4 is 47.4 Å². The average Bonchev–Trinajstić information content (AvgIpc) is 2.96. The van der Waals surface area contributed by atoms with Gasteiger partial charge in [-0.2, -0.15) is 4.57 Å². The van der Waals surface area contributed by atoms with Crippen molar-refractivity contribution < 1.29 is 26.3 Å². The van der Waals surface area contributed by atoms with Gasteiger partial charge in [-0.05, 0) is 49.4 Å². The maximum atomic E-state index is 6.05. The number of ether oxygens (including phenoxy) is 1. The largest absolute Gasteiger partial charge is 1.00 e. The number of thioether (sulfide) groups is 1. The fourth-order valence-corrected chi connectivity index (χ4v) is 4.45. The van der Waals surface area contributed by atoms with Crippen molar-refractivity contribution in [1.82, 2.24) is 4.98 Å². The van der Waals surface area contributed by atoms with Gasteiger partial charge in [-0.25, -0.2) is 4.98 Å². The van der Waals surface area contributed by atoms with Gasteiger partial charge in [0.25, 0.3) is 0 Å². The van der Waals surface area contributed by atoms with Crippen LogP contribution < -0.4 is 31.6 Å². The van der Waals surface area contributed by atoms with Crippen LogP contribution in [0.3, 0.4) is 0 Å². The molecular formula is C20H19BrClN3OS2. The van der Waals surface area contributed by atoms with Crippen molar-refractivity contribution in [1.29, 1.82) is 0 Å². The number of H-pyrrole nitrogens is 1. The van der Waals surface area contributed by atoms with E-state index in [9.17, 15) is 0 Å². The zero-order valence-electron chi connectivity index (χ0n) is 15.3. The molecule has 0 atom stereocenters. The Hall–Kier alpha value is -1.54. The van der Waals surface area contributed by atoms with E-state index in [0.717, 1.165) is 44.3 Å². The first-order valence-electron chi connectivity index (χ1n) is 8.57. The number of anilines is 1. The molecule has 0 aliphatic carbocycles. The van der Waals surface area contributed by atoms with Gasteiger partial charge in [-0.1, -0.05) is 36.0 Å². The molecule has 0 amide bonds. The van der Waals surface area contributed by atoms with Crippen LogP contribution in [0.1, 0.15) is 18.3 Å². The molecule has 2 heterocycles. The van der Waals surface area contributed by atoms with Crippen LogP contribution in [0.15, 0.2) is 57.9 Å². The average molecular weight is 497 g/mol. The fourth-order valence-electron chi connectivity index (χ4n) is 3.09. The summed E-state index contributed by atoms with van der Waals surface area (Å²) in [5, 5.41) is 7.13. The Bertz CT molecular complexity index is 1030. The molecule has 0 saturated heterocycles. The van der Waals surface area contributed by atoms with E-state index in [1.807, 2.05) is 44.2 Å². The Labute approximate surface area is 189 Å². The minimum atomic E-state index is 0. The van der Waals surface area contributed by atoms with E-state index < -0.39 is 0 Å². The van der Waals surface area contributed by atoms with Crippen LogP contribution in [-0.2, 0) is 0 Å². The van der Waals surface area contributed by atoms with Gasteiger partial charge in [-0.3, -0.25) is 0 Å². The number of imidazole rings is 1. The van der Waals surface area contributed by atoms with Crippen molar-refractivity contribution in [3.8, 4) is 11.4 Å². The smallest absolute Gasteiger partial charge is 0.318 e. The molecule has 0 saturated carbocycles. The lowest BCUT2D eigenvalue weighted by Gasteiger charge is -2.19. The van der Waals surface area contributed by atoms with Crippen molar-refractivity contribution in [3.63, 3.8) is 0 Å². The maximum Gasteiger partial charge on any atom is 0.318 e. The summed E-state index contributed by atoms with van der Waals surface area (Å²) < 4.78 is 7.68. The van der Waals surface area contributed by atoms with Gasteiger partial charge < -0.3 is 27.0 Å². The van der Waals surface area contributed by atoms with Crippen molar-refractivity contribution in [2.24, 2.45) is 0 Å². The second kappa shape index (κ2) is 8.86. The topological polar surface area (TPSA) is 40.9 Å². The van der Waals surface area contributed by atoms with Crippen LogP contribution in [0.5, 0.6) is 5.75 Å². The standard InChI is InChI=1S/C20H18ClN3OS2.BrH/c1-3-25-15-8-9-16-18(10-15)27-11-17(23-16)19-12(2)22-20(26)24(19)14-6-4-13(21)5-7-14;/h4-11,23H,3H2,1-2H3,(H,22,26);1H. The lowest BCUT2D eigenvalue weighted by Crippen LogP contribution is -3.00.